The molecular formula is C24H21N3O3S. The molecule has 0 spiro atoms. The molecule has 0 aliphatic carbocycles. The summed E-state index contributed by atoms with van der Waals surface area (Å²) in [6.07, 6.45) is 1.59. The molecule has 0 saturated carbocycles. The zero-order valence-electron chi connectivity index (χ0n) is 16.6. The minimum absolute atomic E-state index is 0.0324. The molecule has 0 atom stereocenters. The van der Waals surface area contributed by atoms with Crippen molar-refractivity contribution in [3.05, 3.63) is 103 Å². The molecule has 2 amide bonds. The van der Waals surface area contributed by atoms with Gasteiger partial charge < -0.3 is 4.74 Å². The highest BCUT2D eigenvalue weighted by atomic mass is 32.1. The van der Waals surface area contributed by atoms with Crippen LogP contribution in [0.2, 0.25) is 0 Å². The Hall–Kier alpha value is -3.97. The monoisotopic (exact) mass is 431 g/mol. The van der Waals surface area contributed by atoms with Crippen LogP contribution in [0.3, 0.4) is 0 Å². The van der Waals surface area contributed by atoms with E-state index >= 15 is 0 Å². The number of hydrazine groups is 1. The average Bonchev–Trinajstić information content (AvgIpc) is 2.82. The number of hydrogen-bond donors (Lipinski definition) is 3. The predicted octanol–water partition coefficient (Wildman–Crippen LogP) is 3.87. The Morgan fingerprint density at radius 3 is 2.19 bits per heavy atom. The van der Waals surface area contributed by atoms with Gasteiger partial charge in [-0.15, -0.1) is 0 Å². The van der Waals surface area contributed by atoms with Gasteiger partial charge in [0.1, 0.15) is 12.4 Å². The summed E-state index contributed by atoms with van der Waals surface area (Å²) in [5.41, 5.74) is 7.81. The van der Waals surface area contributed by atoms with Gasteiger partial charge in [-0.25, -0.2) is 0 Å². The largest absolute Gasteiger partial charge is 0.489 e. The van der Waals surface area contributed by atoms with Gasteiger partial charge in [-0.05, 0) is 47.6 Å². The third-order valence-electron chi connectivity index (χ3n) is 4.26. The number of rotatable bonds is 6. The molecule has 7 heteroatoms. The lowest BCUT2D eigenvalue weighted by atomic mass is 10.0. The second-order valence-electron chi connectivity index (χ2n) is 6.40. The van der Waals surface area contributed by atoms with E-state index in [1.54, 1.807) is 42.5 Å². The lowest BCUT2D eigenvalue weighted by molar-refractivity contribution is 0.0931. The van der Waals surface area contributed by atoms with Gasteiger partial charge in [-0.3, -0.25) is 25.8 Å². The van der Waals surface area contributed by atoms with Gasteiger partial charge in [0.05, 0.1) is 5.56 Å². The molecule has 6 nitrogen and oxygen atoms in total. The van der Waals surface area contributed by atoms with Crippen molar-refractivity contribution in [3.63, 3.8) is 0 Å². The van der Waals surface area contributed by atoms with E-state index < -0.39 is 5.91 Å². The Bertz CT molecular complexity index is 1080. The first-order valence-corrected chi connectivity index (χ1v) is 9.89. The minimum Gasteiger partial charge on any atom is -0.489 e. The number of carbonyl (C=O) groups is 2. The molecule has 0 bridgehead atoms. The second kappa shape index (κ2) is 10.7. The van der Waals surface area contributed by atoms with Crippen molar-refractivity contribution < 1.29 is 14.3 Å². The van der Waals surface area contributed by atoms with Gasteiger partial charge in [0, 0.05) is 5.56 Å². The van der Waals surface area contributed by atoms with Crippen LogP contribution in [0.15, 0.2) is 91.5 Å². The van der Waals surface area contributed by atoms with Crippen LogP contribution in [0.4, 0.5) is 0 Å². The number of nitrogens with one attached hydrogen (secondary N) is 3. The van der Waals surface area contributed by atoms with Crippen LogP contribution in [0.25, 0.3) is 11.1 Å². The summed E-state index contributed by atoms with van der Waals surface area (Å²) in [5.74, 6) is -0.431. The summed E-state index contributed by atoms with van der Waals surface area (Å²) < 4.78 is 5.47. The van der Waals surface area contributed by atoms with E-state index in [1.807, 2.05) is 42.5 Å². The molecule has 0 unspecified atom stereocenters. The van der Waals surface area contributed by atoms with Crippen LogP contribution in [-0.2, 0) is 0 Å². The fraction of sp³-hybridized carbons (Fsp3) is 0.0417. The molecule has 0 aliphatic rings. The fourth-order valence-electron chi connectivity index (χ4n) is 2.76. The van der Waals surface area contributed by atoms with Crippen LogP contribution < -0.4 is 20.9 Å². The van der Waals surface area contributed by atoms with E-state index in [9.17, 15) is 9.59 Å². The van der Waals surface area contributed by atoms with Crippen molar-refractivity contribution in [2.24, 2.45) is 0 Å². The number of ether oxygens (including phenoxy) is 1. The van der Waals surface area contributed by atoms with Crippen LogP contribution >= 0.6 is 12.2 Å². The van der Waals surface area contributed by atoms with Crippen molar-refractivity contribution >= 4 is 29.1 Å². The molecule has 3 aromatic rings. The first kappa shape index (κ1) is 21.7. The van der Waals surface area contributed by atoms with Crippen molar-refractivity contribution in [2.75, 3.05) is 6.61 Å². The molecule has 0 radical (unpaired) electrons. The number of para-hydroxylation sites is 1. The smallest absolute Gasteiger partial charge is 0.273 e. The maximum Gasteiger partial charge on any atom is 0.273 e. The average molecular weight is 432 g/mol. The Morgan fingerprint density at radius 2 is 1.48 bits per heavy atom. The number of hydrogen-bond acceptors (Lipinski definition) is 4. The summed E-state index contributed by atoms with van der Waals surface area (Å²) in [6, 6.07) is 23.8. The van der Waals surface area contributed by atoms with Crippen molar-refractivity contribution in [1.29, 1.82) is 0 Å². The van der Waals surface area contributed by atoms with Gasteiger partial charge >= 0.3 is 0 Å². The molecule has 0 aromatic heterocycles. The highest BCUT2D eigenvalue weighted by molar-refractivity contribution is 7.80. The topological polar surface area (TPSA) is 79.5 Å². The van der Waals surface area contributed by atoms with Crippen molar-refractivity contribution in [3.8, 4) is 16.9 Å². The third-order valence-corrected chi connectivity index (χ3v) is 4.46. The van der Waals surface area contributed by atoms with Gasteiger partial charge in [0.25, 0.3) is 11.8 Å². The fourth-order valence-corrected chi connectivity index (χ4v) is 2.90. The summed E-state index contributed by atoms with van der Waals surface area (Å²) in [6.45, 7) is 3.86. The molecule has 31 heavy (non-hydrogen) atoms. The molecule has 156 valence electrons. The summed E-state index contributed by atoms with van der Waals surface area (Å²) >= 11 is 5.10. The minimum atomic E-state index is -0.455. The maximum atomic E-state index is 12.4. The molecule has 0 heterocycles. The Labute approximate surface area is 185 Å². The highest BCUT2D eigenvalue weighted by Crippen LogP contribution is 2.19. The lowest BCUT2D eigenvalue weighted by Gasteiger charge is -2.13. The number of carbonyl (C=O) groups excluding carboxylic acids is 2. The molecule has 0 aliphatic heterocycles. The van der Waals surface area contributed by atoms with Gasteiger partial charge in [0.2, 0.25) is 0 Å². The molecular weight excluding hydrogens is 410 g/mol. The Kier molecular flexibility index (Phi) is 7.50. The van der Waals surface area contributed by atoms with E-state index in [4.69, 9.17) is 17.0 Å². The normalized spacial score (nSPS) is 9.94. The van der Waals surface area contributed by atoms with Crippen molar-refractivity contribution in [2.45, 2.75) is 0 Å². The van der Waals surface area contributed by atoms with E-state index in [2.05, 4.69) is 22.7 Å². The molecule has 3 aromatic carbocycles. The second-order valence-corrected chi connectivity index (χ2v) is 6.81. The standard InChI is InChI=1S/C24H21N3O3S/c1-2-16-30-21-11-7-6-10-20(21)23(29)26-27-24(31)25-22(28)19-14-12-18(13-15-19)17-8-4-3-5-9-17/h2-15H,1,16H2,(H,26,29)(H2,25,27,28,31). The van der Waals surface area contributed by atoms with E-state index in [-0.39, 0.29) is 17.6 Å². The molecule has 0 fully saturated rings. The lowest BCUT2D eigenvalue weighted by Crippen LogP contribution is -2.48. The first-order chi connectivity index (χ1) is 15.1. The van der Waals surface area contributed by atoms with Gasteiger partial charge in [-0.1, -0.05) is 67.3 Å². The van der Waals surface area contributed by atoms with Gasteiger partial charge in [0.15, 0.2) is 5.11 Å². The Balaban J connectivity index is 1.54. The summed E-state index contributed by atoms with van der Waals surface area (Å²) in [4.78, 5) is 24.8. The zero-order valence-corrected chi connectivity index (χ0v) is 17.4. The number of benzene rings is 3. The van der Waals surface area contributed by atoms with Crippen LogP contribution in [0.5, 0.6) is 5.75 Å². The molecule has 3 rings (SSSR count). The number of amides is 2. The van der Waals surface area contributed by atoms with Crippen LogP contribution in [-0.4, -0.2) is 23.5 Å². The zero-order chi connectivity index (χ0) is 22.1. The van der Waals surface area contributed by atoms with E-state index in [1.165, 1.54) is 0 Å². The van der Waals surface area contributed by atoms with E-state index in [0.717, 1.165) is 11.1 Å². The maximum absolute atomic E-state index is 12.4. The van der Waals surface area contributed by atoms with Gasteiger partial charge in [-0.2, -0.15) is 0 Å². The molecule has 0 saturated heterocycles. The predicted molar refractivity (Wildman–Crippen MR) is 125 cm³/mol. The highest BCUT2D eigenvalue weighted by Gasteiger charge is 2.13. The quantitative estimate of drug-likeness (QED) is 0.314. The first-order valence-electron chi connectivity index (χ1n) is 9.48. The summed E-state index contributed by atoms with van der Waals surface area (Å²) in [5, 5.41) is 2.50. The number of thiocarbonyl (C=S) groups is 1. The summed E-state index contributed by atoms with van der Waals surface area (Å²) in [7, 11) is 0. The van der Waals surface area contributed by atoms with Crippen molar-refractivity contribution in [1.82, 2.24) is 16.2 Å². The van der Waals surface area contributed by atoms with E-state index in [0.29, 0.717) is 16.9 Å². The third kappa shape index (κ3) is 6.01. The Morgan fingerprint density at radius 1 is 0.839 bits per heavy atom. The van der Waals surface area contributed by atoms with Crippen LogP contribution in [0, 0.1) is 0 Å². The SMILES string of the molecule is C=CCOc1ccccc1C(=O)NNC(=S)NC(=O)c1ccc(-c2ccccc2)cc1. The van der Waals surface area contributed by atoms with Crippen LogP contribution in [0.1, 0.15) is 20.7 Å². The molecule has 3 N–H and O–H groups in total.